The molecule has 0 bridgehead atoms. The average molecular weight is 391 g/mol. The van der Waals surface area contributed by atoms with E-state index in [9.17, 15) is 8.42 Å². The molecule has 4 rings (SSSR count). The number of aromatic nitrogens is 2. The van der Waals surface area contributed by atoms with Crippen molar-refractivity contribution in [3.63, 3.8) is 0 Å². The van der Waals surface area contributed by atoms with Crippen molar-refractivity contribution in [1.29, 1.82) is 0 Å². The minimum absolute atomic E-state index is 0.273. The molecule has 0 amide bonds. The van der Waals surface area contributed by atoms with Crippen LogP contribution in [0, 0.1) is 0 Å². The molecular weight excluding hydrogens is 368 g/mol. The Bertz CT molecular complexity index is 1210. The third-order valence-corrected chi connectivity index (χ3v) is 6.63. The van der Waals surface area contributed by atoms with Gasteiger partial charge in [-0.2, -0.15) is 0 Å². The Labute approximate surface area is 165 Å². The molecule has 0 aliphatic heterocycles. The second-order valence-corrected chi connectivity index (χ2v) is 8.96. The summed E-state index contributed by atoms with van der Waals surface area (Å²) in [6.45, 7) is 4.18. The summed E-state index contributed by atoms with van der Waals surface area (Å²) < 4.78 is 28.4. The van der Waals surface area contributed by atoms with Crippen LogP contribution < -0.4 is 0 Å². The third-order valence-electron chi connectivity index (χ3n) is 4.87. The molecule has 3 aromatic carbocycles. The van der Waals surface area contributed by atoms with Crippen molar-refractivity contribution in [1.82, 2.24) is 8.96 Å². The molecule has 0 saturated carbocycles. The number of imidazole rings is 1. The van der Waals surface area contributed by atoms with Crippen LogP contribution in [0.5, 0.6) is 0 Å². The molecule has 0 fully saturated rings. The fourth-order valence-corrected chi connectivity index (χ4v) is 4.83. The van der Waals surface area contributed by atoms with Gasteiger partial charge in [0.25, 0.3) is 10.0 Å². The van der Waals surface area contributed by atoms with Crippen LogP contribution in [0.15, 0.2) is 83.8 Å². The Balaban J connectivity index is 1.87. The van der Waals surface area contributed by atoms with E-state index in [1.165, 1.54) is 3.97 Å². The van der Waals surface area contributed by atoms with E-state index >= 15 is 0 Å². The van der Waals surface area contributed by atoms with Crippen molar-refractivity contribution in [2.75, 3.05) is 0 Å². The number of nitrogens with zero attached hydrogens (tertiary/aromatic N) is 2. The van der Waals surface area contributed by atoms with Gasteiger partial charge in [0, 0.05) is 6.42 Å². The van der Waals surface area contributed by atoms with Gasteiger partial charge in [0.2, 0.25) is 0 Å². The van der Waals surface area contributed by atoms with E-state index < -0.39 is 10.0 Å². The SMILES string of the molecule is CC(C)c1ccc(S(=O)(=O)n2c(Cc3ccccc3)nc3ccccc32)cc1. The third kappa shape index (κ3) is 3.34. The summed E-state index contributed by atoms with van der Waals surface area (Å²) in [6, 6.07) is 24.3. The van der Waals surface area contributed by atoms with E-state index in [-0.39, 0.29) is 4.90 Å². The lowest BCUT2D eigenvalue weighted by Gasteiger charge is -2.12. The predicted molar refractivity (Wildman–Crippen MR) is 112 cm³/mol. The normalized spacial score (nSPS) is 12.0. The number of hydrogen-bond donors (Lipinski definition) is 0. The van der Waals surface area contributed by atoms with Gasteiger partial charge in [-0.1, -0.05) is 68.4 Å². The zero-order chi connectivity index (χ0) is 19.7. The van der Waals surface area contributed by atoms with Crippen molar-refractivity contribution in [2.24, 2.45) is 0 Å². The molecule has 1 aromatic heterocycles. The minimum atomic E-state index is -3.76. The number of fused-ring (bicyclic) bond motifs is 1. The molecule has 4 nitrogen and oxygen atoms in total. The summed E-state index contributed by atoms with van der Waals surface area (Å²) in [5, 5.41) is 0. The van der Waals surface area contributed by atoms with Gasteiger partial charge in [-0.25, -0.2) is 17.4 Å². The molecule has 0 unspecified atom stereocenters. The van der Waals surface area contributed by atoms with Crippen LogP contribution in [0.2, 0.25) is 0 Å². The van der Waals surface area contributed by atoms with Crippen molar-refractivity contribution < 1.29 is 8.42 Å². The summed E-state index contributed by atoms with van der Waals surface area (Å²) in [4.78, 5) is 4.90. The molecular formula is C23H22N2O2S. The van der Waals surface area contributed by atoms with Gasteiger partial charge in [-0.3, -0.25) is 0 Å². The highest BCUT2D eigenvalue weighted by atomic mass is 32.2. The van der Waals surface area contributed by atoms with Crippen LogP contribution in [-0.2, 0) is 16.4 Å². The Morgan fingerprint density at radius 3 is 2.18 bits per heavy atom. The molecule has 4 aromatic rings. The quantitative estimate of drug-likeness (QED) is 0.482. The van der Waals surface area contributed by atoms with Gasteiger partial charge in [0.15, 0.2) is 0 Å². The molecule has 0 N–H and O–H groups in total. The van der Waals surface area contributed by atoms with Crippen molar-refractivity contribution >= 4 is 21.1 Å². The Morgan fingerprint density at radius 1 is 0.857 bits per heavy atom. The molecule has 0 atom stereocenters. The first kappa shape index (κ1) is 18.4. The Morgan fingerprint density at radius 2 is 1.50 bits per heavy atom. The summed E-state index contributed by atoms with van der Waals surface area (Å²) in [5.74, 6) is 0.861. The zero-order valence-corrected chi connectivity index (χ0v) is 16.7. The van der Waals surface area contributed by atoms with Gasteiger partial charge >= 0.3 is 0 Å². The average Bonchev–Trinajstić information content (AvgIpc) is 3.07. The summed E-state index contributed by atoms with van der Waals surface area (Å²) >= 11 is 0. The first-order valence-electron chi connectivity index (χ1n) is 9.32. The van der Waals surface area contributed by atoms with Crippen LogP contribution in [0.4, 0.5) is 0 Å². The van der Waals surface area contributed by atoms with E-state index in [1.807, 2.05) is 60.7 Å². The van der Waals surface area contributed by atoms with Crippen molar-refractivity contribution in [2.45, 2.75) is 31.1 Å². The zero-order valence-electron chi connectivity index (χ0n) is 15.9. The molecule has 0 aliphatic carbocycles. The lowest BCUT2D eigenvalue weighted by Crippen LogP contribution is -2.16. The number of benzene rings is 3. The molecule has 0 radical (unpaired) electrons. The first-order chi connectivity index (χ1) is 13.5. The fourth-order valence-electron chi connectivity index (χ4n) is 3.34. The van der Waals surface area contributed by atoms with Crippen LogP contribution in [-0.4, -0.2) is 17.4 Å². The van der Waals surface area contributed by atoms with E-state index in [1.54, 1.807) is 18.2 Å². The second kappa shape index (κ2) is 7.24. The van der Waals surface area contributed by atoms with Gasteiger partial charge in [0.1, 0.15) is 5.82 Å². The highest BCUT2D eigenvalue weighted by Crippen LogP contribution is 2.26. The maximum atomic E-state index is 13.5. The topological polar surface area (TPSA) is 52.0 Å². The fraction of sp³-hybridized carbons (Fsp3) is 0.174. The number of hydrogen-bond acceptors (Lipinski definition) is 3. The molecule has 5 heteroatoms. The van der Waals surface area contributed by atoms with E-state index in [4.69, 9.17) is 0 Å². The maximum Gasteiger partial charge on any atom is 0.269 e. The highest BCUT2D eigenvalue weighted by molar-refractivity contribution is 7.90. The summed E-state index contributed by atoms with van der Waals surface area (Å²) in [6.07, 6.45) is 0.443. The highest BCUT2D eigenvalue weighted by Gasteiger charge is 2.24. The maximum absolute atomic E-state index is 13.5. The monoisotopic (exact) mass is 390 g/mol. The lowest BCUT2D eigenvalue weighted by atomic mass is 10.0. The van der Waals surface area contributed by atoms with Crippen LogP contribution >= 0.6 is 0 Å². The van der Waals surface area contributed by atoms with Crippen molar-refractivity contribution in [3.8, 4) is 0 Å². The first-order valence-corrected chi connectivity index (χ1v) is 10.8. The van der Waals surface area contributed by atoms with Gasteiger partial charge in [-0.15, -0.1) is 0 Å². The number of rotatable bonds is 5. The molecule has 0 spiro atoms. The largest absolute Gasteiger partial charge is 0.269 e. The molecule has 28 heavy (non-hydrogen) atoms. The summed E-state index contributed by atoms with van der Waals surface area (Å²) in [7, 11) is -3.76. The summed E-state index contributed by atoms with van der Waals surface area (Å²) in [5.41, 5.74) is 3.40. The van der Waals surface area contributed by atoms with E-state index in [0.29, 0.717) is 29.2 Å². The number of para-hydroxylation sites is 2. The standard InChI is InChI=1S/C23H22N2O2S/c1-17(2)19-12-14-20(15-13-19)28(26,27)25-22-11-7-6-10-21(22)24-23(25)16-18-8-4-3-5-9-18/h3-15,17H,16H2,1-2H3. The Hall–Kier alpha value is -2.92. The van der Waals surface area contributed by atoms with E-state index in [2.05, 4.69) is 18.8 Å². The molecule has 142 valence electrons. The lowest BCUT2D eigenvalue weighted by molar-refractivity contribution is 0.586. The molecule has 0 aliphatic rings. The second-order valence-electron chi connectivity index (χ2n) is 7.17. The molecule has 0 saturated heterocycles. The van der Waals surface area contributed by atoms with Crippen LogP contribution in [0.1, 0.15) is 36.7 Å². The van der Waals surface area contributed by atoms with Gasteiger partial charge in [-0.05, 0) is 41.3 Å². The van der Waals surface area contributed by atoms with Gasteiger partial charge in [0.05, 0.1) is 15.9 Å². The molecule has 1 heterocycles. The van der Waals surface area contributed by atoms with Crippen LogP contribution in [0.3, 0.4) is 0 Å². The minimum Gasteiger partial charge on any atom is -0.232 e. The Kier molecular flexibility index (Phi) is 4.77. The van der Waals surface area contributed by atoms with Crippen molar-refractivity contribution in [3.05, 3.63) is 95.8 Å². The predicted octanol–water partition coefficient (Wildman–Crippen LogP) is 4.99. The van der Waals surface area contributed by atoms with Gasteiger partial charge < -0.3 is 0 Å². The smallest absolute Gasteiger partial charge is 0.232 e. The van der Waals surface area contributed by atoms with Crippen LogP contribution in [0.25, 0.3) is 11.0 Å². The van der Waals surface area contributed by atoms with E-state index in [0.717, 1.165) is 11.1 Å².